The predicted octanol–water partition coefficient (Wildman–Crippen LogP) is 3.36. The Morgan fingerprint density at radius 2 is 2.00 bits per heavy atom. The molecule has 112 valence electrons. The summed E-state index contributed by atoms with van der Waals surface area (Å²) in [5.74, 6) is -2.22. The Labute approximate surface area is 118 Å². The van der Waals surface area contributed by atoms with Crippen molar-refractivity contribution in [3.63, 3.8) is 0 Å². The van der Waals surface area contributed by atoms with Crippen LogP contribution in [0.2, 0.25) is 0 Å². The molecule has 0 spiro atoms. The molecule has 0 unspecified atom stereocenters. The minimum absolute atomic E-state index is 0.149. The topological polar surface area (TPSA) is 44.1 Å². The van der Waals surface area contributed by atoms with Gasteiger partial charge in [-0.05, 0) is 13.0 Å². The summed E-state index contributed by atoms with van der Waals surface area (Å²) in [7, 11) is 0. The number of hydrogen-bond acceptors (Lipinski definition) is 3. The van der Waals surface area contributed by atoms with Gasteiger partial charge in [0.05, 0.1) is 12.1 Å². The standard InChI is InChI=1S/C14H13F3N2O2/c1-9-10-4-2-3-5-12(10)18-19(9)8-13(20)21-7-6-11(15)14(16)17/h2-5H,6-8H2,1H3. The molecule has 21 heavy (non-hydrogen) atoms. The second-order valence-electron chi connectivity index (χ2n) is 4.40. The lowest BCUT2D eigenvalue weighted by Crippen LogP contribution is -2.16. The van der Waals surface area contributed by atoms with Crippen molar-refractivity contribution in [2.24, 2.45) is 0 Å². The van der Waals surface area contributed by atoms with Gasteiger partial charge in [-0.2, -0.15) is 13.9 Å². The first-order chi connectivity index (χ1) is 9.99. The van der Waals surface area contributed by atoms with Gasteiger partial charge in [0.1, 0.15) is 6.54 Å². The first kappa shape index (κ1) is 15.1. The van der Waals surface area contributed by atoms with Crippen LogP contribution < -0.4 is 0 Å². The maximum Gasteiger partial charge on any atom is 0.327 e. The monoisotopic (exact) mass is 298 g/mol. The van der Waals surface area contributed by atoms with Crippen molar-refractivity contribution in [2.45, 2.75) is 19.9 Å². The predicted molar refractivity (Wildman–Crippen MR) is 70.4 cm³/mol. The van der Waals surface area contributed by atoms with Crippen molar-refractivity contribution in [1.82, 2.24) is 9.78 Å². The van der Waals surface area contributed by atoms with Crippen LogP contribution >= 0.6 is 0 Å². The summed E-state index contributed by atoms with van der Waals surface area (Å²) in [4.78, 5) is 11.6. The number of rotatable bonds is 5. The van der Waals surface area contributed by atoms with E-state index in [0.717, 1.165) is 16.6 Å². The van der Waals surface area contributed by atoms with Crippen LogP contribution in [0, 0.1) is 6.92 Å². The number of carbonyl (C=O) groups is 1. The molecule has 0 N–H and O–H groups in total. The summed E-state index contributed by atoms with van der Waals surface area (Å²) in [6.45, 7) is 1.23. The summed E-state index contributed by atoms with van der Waals surface area (Å²) >= 11 is 0. The Balaban J connectivity index is 1.96. The third-order valence-corrected chi connectivity index (χ3v) is 2.98. The van der Waals surface area contributed by atoms with Crippen molar-refractivity contribution in [1.29, 1.82) is 0 Å². The fourth-order valence-electron chi connectivity index (χ4n) is 1.88. The first-order valence-electron chi connectivity index (χ1n) is 6.26. The minimum atomic E-state index is -2.39. The highest BCUT2D eigenvalue weighted by Gasteiger charge is 2.12. The zero-order valence-corrected chi connectivity index (χ0v) is 11.3. The zero-order chi connectivity index (χ0) is 15.4. The van der Waals surface area contributed by atoms with Gasteiger partial charge >= 0.3 is 12.0 Å². The van der Waals surface area contributed by atoms with Gasteiger partial charge in [-0.3, -0.25) is 9.48 Å². The van der Waals surface area contributed by atoms with E-state index in [1.807, 2.05) is 31.2 Å². The lowest BCUT2D eigenvalue weighted by Gasteiger charge is -2.05. The first-order valence-corrected chi connectivity index (χ1v) is 6.26. The molecule has 0 saturated heterocycles. The fourth-order valence-corrected chi connectivity index (χ4v) is 1.88. The van der Waals surface area contributed by atoms with Gasteiger partial charge < -0.3 is 4.74 Å². The largest absolute Gasteiger partial charge is 0.464 e. The van der Waals surface area contributed by atoms with Crippen molar-refractivity contribution >= 4 is 16.9 Å². The highest BCUT2D eigenvalue weighted by molar-refractivity contribution is 5.81. The molecule has 0 saturated carbocycles. The molecule has 0 aliphatic carbocycles. The van der Waals surface area contributed by atoms with E-state index in [2.05, 4.69) is 5.10 Å². The lowest BCUT2D eigenvalue weighted by atomic mass is 10.2. The summed E-state index contributed by atoms with van der Waals surface area (Å²) in [5, 5.41) is 5.15. The molecular formula is C14H13F3N2O2. The maximum atomic E-state index is 12.5. The van der Waals surface area contributed by atoms with Crippen LogP contribution in [0.5, 0.6) is 0 Å². The van der Waals surface area contributed by atoms with Gasteiger partial charge in [0, 0.05) is 17.5 Å². The molecule has 2 aromatic rings. The second-order valence-corrected chi connectivity index (χ2v) is 4.40. The molecule has 0 aliphatic heterocycles. The Hall–Kier alpha value is -2.31. The quantitative estimate of drug-likeness (QED) is 0.795. The lowest BCUT2D eigenvalue weighted by molar-refractivity contribution is -0.144. The third kappa shape index (κ3) is 3.62. The number of esters is 1. The van der Waals surface area contributed by atoms with E-state index in [-0.39, 0.29) is 6.54 Å². The maximum absolute atomic E-state index is 12.5. The highest BCUT2D eigenvalue weighted by atomic mass is 19.3. The highest BCUT2D eigenvalue weighted by Crippen LogP contribution is 2.17. The fraction of sp³-hybridized carbons (Fsp3) is 0.286. The SMILES string of the molecule is Cc1c2ccccc2nn1CC(=O)OCCC(F)=C(F)F. The molecule has 1 aromatic heterocycles. The number of ether oxygens (including phenoxy) is 1. The average molecular weight is 298 g/mol. The molecule has 0 aliphatic rings. The molecule has 7 heteroatoms. The Bertz CT molecular complexity index is 691. The number of carbonyl (C=O) groups excluding carboxylic acids is 1. The number of hydrogen-bond donors (Lipinski definition) is 0. The Kier molecular flexibility index (Phi) is 4.62. The molecule has 0 fully saturated rings. The Morgan fingerprint density at radius 1 is 1.29 bits per heavy atom. The van der Waals surface area contributed by atoms with Crippen LogP contribution in [-0.4, -0.2) is 22.4 Å². The van der Waals surface area contributed by atoms with Gasteiger partial charge in [0.25, 0.3) is 0 Å². The molecule has 0 atom stereocenters. The van der Waals surface area contributed by atoms with Crippen LogP contribution in [-0.2, 0) is 16.1 Å². The van der Waals surface area contributed by atoms with E-state index < -0.39 is 30.9 Å². The number of halogens is 3. The average Bonchev–Trinajstić information content (AvgIpc) is 2.75. The zero-order valence-electron chi connectivity index (χ0n) is 11.3. The van der Waals surface area contributed by atoms with E-state index in [0.29, 0.717) is 0 Å². The van der Waals surface area contributed by atoms with E-state index in [4.69, 9.17) is 4.74 Å². The van der Waals surface area contributed by atoms with Crippen molar-refractivity contribution < 1.29 is 22.7 Å². The molecule has 4 nitrogen and oxygen atoms in total. The van der Waals surface area contributed by atoms with Crippen molar-refractivity contribution in [2.75, 3.05) is 6.61 Å². The van der Waals surface area contributed by atoms with Gasteiger partial charge in [0.15, 0.2) is 5.83 Å². The van der Waals surface area contributed by atoms with Crippen LogP contribution in [0.1, 0.15) is 12.1 Å². The van der Waals surface area contributed by atoms with E-state index in [1.165, 1.54) is 4.68 Å². The number of aromatic nitrogens is 2. The van der Waals surface area contributed by atoms with Crippen LogP contribution in [0.25, 0.3) is 10.9 Å². The minimum Gasteiger partial charge on any atom is -0.464 e. The van der Waals surface area contributed by atoms with Gasteiger partial charge in [-0.1, -0.05) is 18.2 Å². The number of benzene rings is 1. The number of aryl methyl sites for hydroxylation is 1. The van der Waals surface area contributed by atoms with E-state index in [1.54, 1.807) is 0 Å². The summed E-state index contributed by atoms with van der Waals surface area (Å²) in [6.07, 6.45) is -3.02. The van der Waals surface area contributed by atoms with E-state index >= 15 is 0 Å². The van der Waals surface area contributed by atoms with Gasteiger partial charge in [0.2, 0.25) is 0 Å². The van der Waals surface area contributed by atoms with Crippen LogP contribution in [0.3, 0.4) is 0 Å². The Morgan fingerprint density at radius 3 is 2.67 bits per heavy atom. The molecular weight excluding hydrogens is 285 g/mol. The molecule has 0 bridgehead atoms. The molecule has 1 aromatic carbocycles. The summed E-state index contributed by atoms with van der Waals surface area (Å²) in [6, 6.07) is 7.39. The number of fused-ring (bicyclic) bond motifs is 1. The molecule has 0 amide bonds. The van der Waals surface area contributed by atoms with Crippen LogP contribution in [0.15, 0.2) is 36.2 Å². The number of nitrogens with zero attached hydrogens (tertiary/aromatic N) is 2. The second kappa shape index (κ2) is 6.43. The van der Waals surface area contributed by atoms with Crippen molar-refractivity contribution in [3.05, 3.63) is 41.9 Å². The van der Waals surface area contributed by atoms with Crippen molar-refractivity contribution in [3.8, 4) is 0 Å². The summed E-state index contributed by atoms with van der Waals surface area (Å²) < 4.78 is 42.3. The molecule has 1 heterocycles. The van der Waals surface area contributed by atoms with E-state index in [9.17, 15) is 18.0 Å². The summed E-state index contributed by atoms with van der Waals surface area (Å²) in [5.41, 5.74) is 1.54. The molecule has 0 radical (unpaired) electrons. The normalized spacial score (nSPS) is 10.7. The smallest absolute Gasteiger partial charge is 0.327 e. The van der Waals surface area contributed by atoms with Gasteiger partial charge in [-0.15, -0.1) is 0 Å². The van der Waals surface area contributed by atoms with Crippen LogP contribution in [0.4, 0.5) is 13.2 Å². The third-order valence-electron chi connectivity index (χ3n) is 2.98. The molecule has 2 rings (SSSR count). The van der Waals surface area contributed by atoms with Gasteiger partial charge in [-0.25, -0.2) is 4.39 Å².